The second-order valence-electron chi connectivity index (χ2n) is 2.17. The third-order valence-corrected chi connectivity index (χ3v) is 3.82. The molecule has 0 atom stereocenters. The fraction of sp³-hybridized carbons (Fsp3) is 0. The predicted molar refractivity (Wildman–Crippen MR) is 51.7 cm³/mol. The summed E-state index contributed by atoms with van der Waals surface area (Å²) in [5, 5.41) is -0.126. The van der Waals surface area contributed by atoms with Crippen LogP contribution in [0.1, 0.15) is 0 Å². The van der Waals surface area contributed by atoms with Crippen molar-refractivity contribution in [3.63, 3.8) is 0 Å². The molecule has 14 heavy (non-hydrogen) atoms. The Hall–Kier alpha value is -1.28. The molecule has 0 aliphatic heterocycles. The van der Waals surface area contributed by atoms with Crippen molar-refractivity contribution >= 4 is 25.9 Å². The molecule has 0 aromatic carbocycles. The van der Waals surface area contributed by atoms with Gasteiger partial charge in [-0.1, -0.05) is 6.07 Å². The van der Waals surface area contributed by atoms with Crippen LogP contribution in [0.2, 0.25) is 0 Å². The molecule has 1 aromatic heterocycles. The Balaban J connectivity index is 2.82. The fourth-order valence-corrected chi connectivity index (χ4v) is 2.47. The van der Waals surface area contributed by atoms with Crippen molar-refractivity contribution in [3.05, 3.63) is 24.4 Å². The van der Waals surface area contributed by atoms with Crippen LogP contribution < -0.4 is 10.5 Å². The van der Waals surface area contributed by atoms with Gasteiger partial charge in [0, 0.05) is 6.20 Å². The number of aromatic nitrogens is 1. The average Bonchev–Trinajstić information content (AvgIpc) is 2.16. The highest BCUT2D eigenvalue weighted by Gasteiger charge is 2.17. The zero-order chi connectivity index (χ0) is 10.6. The molecule has 3 N–H and O–H groups in total. The van der Waals surface area contributed by atoms with E-state index in [1.54, 1.807) is 6.07 Å². The largest absolute Gasteiger partial charge is 0.351 e. The standard InChI is InChI=1S/C6H7N3O3S2/c7-6(10)9-13-14(11,12)5-3-1-2-4-8-5/h1-4H,(H3,7,9,10). The number of rotatable bonds is 3. The number of nitrogens with two attached hydrogens (primary N) is 1. The first-order valence-electron chi connectivity index (χ1n) is 3.42. The number of nitrogens with one attached hydrogen (secondary N) is 1. The molecule has 0 radical (unpaired) electrons. The van der Waals surface area contributed by atoms with Crippen molar-refractivity contribution in [2.75, 3.05) is 0 Å². The van der Waals surface area contributed by atoms with E-state index < -0.39 is 14.9 Å². The van der Waals surface area contributed by atoms with E-state index in [-0.39, 0.29) is 16.0 Å². The number of hydrogen-bond acceptors (Lipinski definition) is 5. The maximum atomic E-state index is 11.4. The van der Waals surface area contributed by atoms with Gasteiger partial charge >= 0.3 is 6.03 Å². The van der Waals surface area contributed by atoms with Gasteiger partial charge in [0.2, 0.25) is 0 Å². The Morgan fingerprint density at radius 3 is 2.71 bits per heavy atom. The van der Waals surface area contributed by atoms with E-state index in [9.17, 15) is 13.2 Å². The fourth-order valence-electron chi connectivity index (χ4n) is 0.634. The monoisotopic (exact) mass is 233 g/mol. The van der Waals surface area contributed by atoms with Gasteiger partial charge in [-0.05, 0) is 12.1 Å². The molecule has 76 valence electrons. The second-order valence-corrected chi connectivity index (χ2v) is 5.69. The van der Waals surface area contributed by atoms with Crippen LogP contribution in [0, 0.1) is 0 Å². The molecule has 1 aromatic rings. The lowest BCUT2D eigenvalue weighted by molar-refractivity contribution is 0.254. The number of amides is 2. The topological polar surface area (TPSA) is 102 Å². The van der Waals surface area contributed by atoms with Crippen LogP contribution in [-0.4, -0.2) is 19.4 Å². The second kappa shape index (κ2) is 4.29. The van der Waals surface area contributed by atoms with Crippen molar-refractivity contribution in [3.8, 4) is 0 Å². The highest BCUT2D eigenvalue weighted by molar-refractivity contribution is 8.71. The molecule has 0 aliphatic rings. The summed E-state index contributed by atoms with van der Waals surface area (Å²) < 4.78 is 24.6. The zero-order valence-corrected chi connectivity index (χ0v) is 8.51. The van der Waals surface area contributed by atoms with Crippen molar-refractivity contribution in [1.29, 1.82) is 0 Å². The number of carbonyl (C=O) groups is 1. The first-order valence-corrected chi connectivity index (χ1v) is 6.24. The summed E-state index contributed by atoms with van der Waals surface area (Å²) in [6, 6.07) is 3.52. The quantitative estimate of drug-likeness (QED) is 0.569. The van der Waals surface area contributed by atoms with Gasteiger partial charge in [0.1, 0.15) is 0 Å². The van der Waals surface area contributed by atoms with Gasteiger partial charge in [-0.2, -0.15) is 0 Å². The van der Waals surface area contributed by atoms with Crippen LogP contribution >= 0.6 is 11.0 Å². The maximum absolute atomic E-state index is 11.4. The molecule has 0 bridgehead atoms. The van der Waals surface area contributed by atoms with E-state index in [0.717, 1.165) is 0 Å². The van der Waals surface area contributed by atoms with Crippen molar-refractivity contribution in [1.82, 2.24) is 9.71 Å². The van der Waals surface area contributed by atoms with Gasteiger partial charge in [0.15, 0.2) is 5.03 Å². The summed E-state index contributed by atoms with van der Waals surface area (Å²) in [5.41, 5.74) is 4.72. The summed E-state index contributed by atoms with van der Waals surface area (Å²) >= 11 is 0. The van der Waals surface area contributed by atoms with E-state index in [1.807, 2.05) is 4.72 Å². The Labute approximate surface area is 84.4 Å². The van der Waals surface area contributed by atoms with Crippen LogP contribution in [-0.2, 0) is 8.87 Å². The van der Waals surface area contributed by atoms with Gasteiger partial charge in [-0.3, -0.25) is 4.72 Å². The van der Waals surface area contributed by atoms with Crippen LogP contribution in [0.4, 0.5) is 4.79 Å². The summed E-state index contributed by atoms with van der Waals surface area (Å²) in [6.45, 7) is 0. The molecule has 0 saturated heterocycles. The Morgan fingerprint density at radius 2 is 2.21 bits per heavy atom. The number of nitrogens with zero attached hydrogens (tertiary/aromatic N) is 1. The highest BCUT2D eigenvalue weighted by atomic mass is 33.1. The van der Waals surface area contributed by atoms with E-state index in [4.69, 9.17) is 5.73 Å². The molecule has 0 fully saturated rings. The van der Waals surface area contributed by atoms with Gasteiger partial charge in [0.05, 0.1) is 11.0 Å². The number of carbonyl (C=O) groups excluding carboxylic acids is 1. The average molecular weight is 233 g/mol. The zero-order valence-electron chi connectivity index (χ0n) is 6.88. The summed E-state index contributed by atoms with van der Waals surface area (Å²) in [6.07, 6.45) is 1.34. The van der Waals surface area contributed by atoms with Gasteiger partial charge in [0.25, 0.3) is 8.87 Å². The molecular formula is C6H7N3O3S2. The van der Waals surface area contributed by atoms with Crippen LogP contribution in [0.5, 0.6) is 0 Å². The van der Waals surface area contributed by atoms with Gasteiger partial charge < -0.3 is 5.73 Å². The smallest absolute Gasteiger partial charge is 0.322 e. The molecule has 0 saturated carbocycles. The molecule has 1 heterocycles. The summed E-state index contributed by atoms with van der Waals surface area (Å²) in [4.78, 5) is 13.9. The number of urea groups is 1. The molecule has 0 unspecified atom stereocenters. The van der Waals surface area contributed by atoms with Crippen molar-refractivity contribution in [2.24, 2.45) is 5.73 Å². The molecule has 2 amide bonds. The minimum absolute atomic E-state index is 0.126. The lowest BCUT2D eigenvalue weighted by Crippen LogP contribution is -2.24. The SMILES string of the molecule is NC(=O)NSS(=O)(=O)c1ccccn1. The van der Waals surface area contributed by atoms with Gasteiger partial charge in [-0.25, -0.2) is 18.2 Å². The van der Waals surface area contributed by atoms with E-state index in [0.29, 0.717) is 0 Å². The van der Waals surface area contributed by atoms with Crippen molar-refractivity contribution in [2.45, 2.75) is 5.03 Å². The summed E-state index contributed by atoms with van der Waals surface area (Å²) in [7, 11) is -3.44. The molecule has 6 nitrogen and oxygen atoms in total. The molecule has 8 heteroatoms. The van der Waals surface area contributed by atoms with Crippen LogP contribution in [0.15, 0.2) is 29.4 Å². The Kier molecular flexibility index (Phi) is 3.31. The number of primary amides is 1. The lowest BCUT2D eigenvalue weighted by atomic mass is 10.5. The van der Waals surface area contributed by atoms with Crippen LogP contribution in [0.25, 0.3) is 0 Å². The minimum atomic E-state index is -3.66. The Bertz CT molecular complexity index is 417. The maximum Gasteiger partial charge on any atom is 0.322 e. The first-order chi connectivity index (χ1) is 6.52. The molecule has 0 spiro atoms. The third kappa shape index (κ3) is 2.89. The lowest BCUT2D eigenvalue weighted by Gasteiger charge is -2.01. The Morgan fingerprint density at radius 1 is 1.50 bits per heavy atom. The van der Waals surface area contributed by atoms with E-state index >= 15 is 0 Å². The normalized spacial score (nSPS) is 10.9. The molecular weight excluding hydrogens is 226 g/mol. The first kappa shape index (κ1) is 10.8. The number of pyridine rings is 1. The van der Waals surface area contributed by atoms with E-state index in [1.165, 1.54) is 18.3 Å². The van der Waals surface area contributed by atoms with E-state index in [2.05, 4.69) is 4.98 Å². The molecule has 0 aliphatic carbocycles. The minimum Gasteiger partial charge on any atom is -0.351 e. The highest BCUT2D eigenvalue weighted by Crippen LogP contribution is 2.17. The summed E-state index contributed by atoms with van der Waals surface area (Å²) in [5.74, 6) is 0. The van der Waals surface area contributed by atoms with Gasteiger partial charge in [-0.15, -0.1) is 0 Å². The van der Waals surface area contributed by atoms with Crippen molar-refractivity contribution < 1.29 is 13.2 Å². The third-order valence-electron chi connectivity index (χ3n) is 1.15. The predicted octanol–water partition coefficient (Wildman–Crippen LogP) is 0.0868. The number of hydrogen-bond donors (Lipinski definition) is 2. The molecule has 1 rings (SSSR count). The van der Waals surface area contributed by atoms with Crippen LogP contribution in [0.3, 0.4) is 0 Å².